The number of carbonyl (C=O) groups excluding carboxylic acids is 3. The van der Waals surface area contributed by atoms with Gasteiger partial charge in [-0.3, -0.25) is 32.5 Å². The molecule has 0 aliphatic carbocycles. The van der Waals surface area contributed by atoms with Crippen LogP contribution in [0.4, 0.5) is 0 Å². The molecule has 0 spiro atoms. The number of unbranched alkanes of at least 4 members (excludes halogenated alkanes) is 38. The van der Waals surface area contributed by atoms with Gasteiger partial charge < -0.3 is 34.2 Å². The van der Waals surface area contributed by atoms with Crippen LogP contribution in [0.2, 0.25) is 0 Å². The van der Waals surface area contributed by atoms with Crippen LogP contribution in [0.1, 0.15) is 380 Å². The lowest BCUT2D eigenvalue weighted by Gasteiger charge is -2.21. The molecule has 0 fully saturated rings. The Hall–Kier alpha value is -4.57. The van der Waals surface area contributed by atoms with Gasteiger partial charge in [0.1, 0.15) is 25.4 Å². The largest absolute Gasteiger partial charge is 0.472 e. The van der Waals surface area contributed by atoms with Gasteiger partial charge >= 0.3 is 33.6 Å². The number of rotatable bonds is 85. The summed E-state index contributed by atoms with van der Waals surface area (Å²) in [5, 5.41) is 20.7. The van der Waals surface area contributed by atoms with Crippen LogP contribution in [0, 0.1) is 0 Å². The van der Waals surface area contributed by atoms with Gasteiger partial charge in [0.15, 0.2) is 6.10 Å². The minimum atomic E-state index is -4.95. The highest BCUT2D eigenvalue weighted by Crippen LogP contribution is 2.45. The molecule has 5 unspecified atom stereocenters. The Kier molecular flexibility index (Phi) is 83.3. The molecular weight excluding hydrogens is 1460 g/mol. The molecule has 0 heterocycles. The van der Waals surface area contributed by atoms with E-state index in [9.17, 15) is 43.5 Å². The van der Waals surface area contributed by atoms with Crippen molar-refractivity contribution in [3.05, 3.63) is 146 Å². The Morgan fingerprint density at radius 1 is 0.248 bits per heavy atom. The molecule has 16 nitrogen and oxygen atoms in total. The zero-order valence-electron chi connectivity index (χ0n) is 71.5. The first-order valence-electron chi connectivity index (χ1n) is 45.1. The Morgan fingerprint density at radius 2 is 0.442 bits per heavy atom. The lowest BCUT2D eigenvalue weighted by atomic mass is 10.0. The summed E-state index contributed by atoms with van der Waals surface area (Å²) in [5.41, 5.74) is 0. The second-order valence-electron chi connectivity index (χ2n) is 30.0. The van der Waals surface area contributed by atoms with E-state index in [4.69, 9.17) is 32.3 Å². The van der Waals surface area contributed by atoms with Gasteiger partial charge in [-0.05, 0) is 154 Å². The van der Waals surface area contributed by atoms with Crippen LogP contribution >= 0.6 is 15.6 Å². The smallest absolute Gasteiger partial charge is 0.463 e. The molecular formula is C95H164O16P2. The van der Waals surface area contributed by atoms with Crippen LogP contribution in [0.15, 0.2) is 146 Å². The molecule has 4 N–H and O–H groups in total. The Labute approximate surface area is 689 Å². The first kappa shape index (κ1) is 108. The van der Waals surface area contributed by atoms with Gasteiger partial charge in [-0.1, -0.05) is 353 Å². The fourth-order valence-electron chi connectivity index (χ4n) is 12.1. The molecule has 0 aliphatic rings. The van der Waals surface area contributed by atoms with Gasteiger partial charge in [-0.25, -0.2) is 9.13 Å². The summed E-state index contributed by atoms with van der Waals surface area (Å²) in [6.45, 7) is 2.63. The fourth-order valence-corrected chi connectivity index (χ4v) is 13.7. The number of carbonyl (C=O) groups is 3. The zero-order valence-corrected chi connectivity index (χ0v) is 73.3. The molecule has 5 atom stereocenters. The number of ether oxygens (including phenoxy) is 3. The van der Waals surface area contributed by atoms with Crippen molar-refractivity contribution in [2.75, 3.05) is 39.6 Å². The number of allylic oxidation sites excluding steroid dienone is 24. The van der Waals surface area contributed by atoms with Crippen LogP contribution in [0.3, 0.4) is 0 Å². The van der Waals surface area contributed by atoms with E-state index in [1.165, 1.54) is 173 Å². The van der Waals surface area contributed by atoms with Crippen molar-refractivity contribution >= 4 is 33.6 Å². The third-order valence-electron chi connectivity index (χ3n) is 19.0. The number of aliphatic hydroxyl groups is 2. The zero-order chi connectivity index (χ0) is 82.2. The lowest BCUT2D eigenvalue weighted by Crippen LogP contribution is -2.30. The van der Waals surface area contributed by atoms with Crippen molar-refractivity contribution in [2.24, 2.45) is 0 Å². The maximum atomic E-state index is 13.1. The highest BCUT2D eigenvalue weighted by molar-refractivity contribution is 7.47. The molecule has 0 aromatic rings. The molecule has 650 valence electrons. The third kappa shape index (κ3) is 88.1. The number of aliphatic hydroxyl groups excluding tert-OH is 2. The van der Waals surface area contributed by atoms with Gasteiger partial charge in [-0.15, -0.1) is 0 Å². The van der Waals surface area contributed by atoms with E-state index in [1.807, 2.05) is 0 Å². The summed E-state index contributed by atoms with van der Waals surface area (Å²) in [5.74, 6) is -1.58. The van der Waals surface area contributed by atoms with E-state index in [1.54, 1.807) is 0 Å². The number of hydrogen-bond donors (Lipinski definition) is 4. The van der Waals surface area contributed by atoms with Crippen molar-refractivity contribution < 1.29 is 75.8 Å². The van der Waals surface area contributed by atoms with Crippen LogP contribution in [0.5, 0.6) is 0 Å². The number of phosphoric ester groups is 2. The predicted molar refractivity (Wildman–Crippen MR) is 473 cm³/mol. The topological polar surface area (TPSA) is 231 Å². The van der Waals surface area contributed by atoms with Gasteiger partial charge in [0, 0.05) is 19.3 Å². The lowest BCUT2D eigenvalue weighted by molar-refractivity contribution is -0.161. The van der Waals surface area contributed by atoms with Gasteiger partial charge in [-0.2, -0.15) is 0 Å². The number of phosphoric acid groups is 2. The van der Waals surface area contributed by atoms with Crippen molar-refractivity contribution in [3.8, 4) is 0 Å². The maximum absolute atomic E-state index is 13.1. The van der Waals surface area contributed by atoms with Gasteiger partial charge in [0.05, 0.1) is 26.4 Å². The summed E-state index contributed by atoms with van der Waals surface area (Å²) >= 11 is 0. The van der Waals surface area contributed by atoms with E-state index in [-0.39, 0.29) is 19.3 Å². The van der Waals surface area contributed by atoms with E-state index in [0.29, 0.717) is 19.3 Å². The molecule has 0 radical (unpaired) electrons. The van der Waals surface area contributed by atoms with E-state index in [0.717, 1.165) is 148 Å². The van der Waals surface area contributed by atoms with Gasteiger partial charge in [0.25, 0.3) is 0 Å². The summed E-state index contributed by atoms with van der Waals surface area (Å²) in [4.78, 5) is 59.0. The second-order valence-corrected chi connectivity index (χ2v) is 32.9. The molecule has 0 aromatic carbocycles. The summed E-state index contributed by atoms with van der Waals surface area (Å²) in [7, 11) is -9.81. The monoisotopic (exact) mass is 1620 g/mol. The van der Waals surface area contributed by atoms with Crippen LogP contribution in [0.25, 0.3) is 0 Å². The molecule has 0 saturated heterocycles. The quantitative estimate of drug-likeness (QED) is 0.0146. The third-order valence-corrected chi connectivity index (χ3v) is 20.9. The minimum absolute atomic E-state index is 0.0925. The van der Waals surface area contributed by atoms with Crippen molar-refractivity contribution in [2.45, 2.75) is 399 Å². The first-order chi connectivity index (χ1) is 55.2. The number of hydrogen-bond acceptors (Lipinski definition) is 14. The molecule has 0 aromatic heterocycles. The van der Waals surface area contributed by atoms with E-state index >= 15 is 0 Å². The van der Waals surface area contributed by atoms with Crippen molar-refractivity contribution in [1.29, 1.82) is 0 Å². The summed E-state index contributed by atoms with van der Waals surface area (Å²) < 4.78 is 61.5. The van der Waals surface area contributed by atoms with Gasteiger partial charge in [0.2, 0.25) is 0 Å². The normalized spacial score (nSPS) is 14.5. The Morgan fingerprint density at radius 3 is 0.699 bits per heavy atom. The molecule has 0 bridgehead atoms. The molecule has 113 heavy (non-hydrogen) atoms. The molecule has 0 amide bonds. The average molecular weight is 1620 g/mol. The SMILES string of the molecule is CCCCC/C=C\C/C=C\C/C=C\C/C=C\CCCCCCCCCCCCCC(=O)OCC(O)COP(=O)(O)OCC(O)COP(=O)(O)OCC(COC(=O)CCCCCCCCCCC/C=C\C/C=C\C/C=C\C/C=C\CCCCC)OC(=O)CCCCCCCCCCC/C=C\C/C=C\C/C=C\C/C=C\CCCCC. The van der Waals surface area contributed by atoms with Crippen molar-refractivity contribution in [3.63, 3.8) is 0 Å². The summed E-state index contributed by atoms with van der Waals surface area (Å²) in [6, 6.07) is 0. The highest BCUT2D eigenvalue weighted by atomic mass is 31.2. The Bertz CT molecular complexity index is 2630. The van der Waals surface area contributed by atoms with E-state index < -0.39 is 91.5 Å². The first-order valence-corrected chi connectivity index (χ1v) is 48.1. The standard InChI is InChI=1S/C95H164O16P2/c1-4-7-10-13-16-19-22-25-28-31-34-37-40-43-44-47-49-51-54-57-60-63-66-69-72-75-78-81-93(98)105-84-90(96)85-107-112(101,102)108-86-91(97)87-109-113(103,104)110-89-92(111-95(100)83-80-77-74-71-68-65-62-59-56-53-50-46-42-39-36-33-30-27-24-21-18-15-12-9-6-3)88-106-94(99)82-79-76-73-70-67-64-61-58-55-52-48-45-41-38-35-32-29-26-23-20-17-14-11-8-5-2/h16-21,25-30,34-39,43-46,48,50,90-92,96-97H,4-15,22-24,31-33,40-42,47,49,51-89H2,1-3H3,(H,101,102)(H,103,104)/b19-16-,20-17-,21-18-,28-25-,29-26-,30-27-,37-34-,38-35-,39-36-,44-43-,48-45-,50-46-. The summed E-state index contributed by atoms with van der Waals surface area (Å²) in [6.07, 6.45) is 109. The highest BCUT2D eigenvalue weighted by Gasteiger charge is 2.29. The second kappa shape index (κ2) is 86.8. The Balaban J connectivity index is 4.68. The molecule has 0 aliphatic heterocycles. The number of esters is 3. The molecule has 0 rings (SSSR count). The average Bonchev–Trinajstić information content (AvgIpc) is 0.897. The van der Waals surface area contributed by atoms with Crippen LogP contribution in [-0.2, 0) is 55.8 Å². The minimum Gasteiger partial charge on any atom is -0.463 e. The van der Waals surface area contributed by atoms with Crippen LogP contribution in [-0.4, -0.2) is 95.9 Å². The predicted octanol–water partition coefficient (Wildman–Crippen LogP) is 27.6. The molecule has 18 heteroatoms. The van der Waals surface area contributed by atoms with Crippen LogP contribution < -0.4 is 0 Å². The fraction of sp³-hybridized carbons (Fsp3) is 0.716. The van der Waals surface area contributed by atoms with Crippen molar-refractivity contribution in [1.82, 2.24) is 0 Å². The maximum Gasteiger partial charge on any atom is 0.472 e. The molecule has 0 saturated carbocycles. The van der Waals surface area contributed by atoms with E-state index in [2.05, 4.69) is 167 Å².